The summed E-state index contributed by atoms with van der Waals surface area (Å²) in [6, 6.07) is 6.13. The second kappa shape index (κ2) is 7.83. The molecule has 1 N–H and O–H groups in total. The molecule has 4 saturated carbocycles. The van der Waals surface area contributed by atoms with E-state index in [1.54, 1.807) is 4.90 Å². The summed E-state index contributed by atoms with van der Waals surface area (Å²) in [7, 11) is 0. The van der Waals surface area contributed by atoms with Crippen molar-refractivity contribution in [2.75, 3.05) is 11.4 Å². The lowest BCUT2D eigenvalue weighted by Gasteiger charge is -2.59. The van der Waals surface area contributed by atoms with Crippen molar-refractivity contribution >= 4 is 17.5 Å². The van der Waals surface area contributed by atoms with E-state index in [0.29, 0.717) is 12.0 Å². The normalized spacial score (nSPS) is 34.1. The van der Waals surface area contributed by atoms with Crippen molar-refractivity contribution < 1.29 is 14.3 Å². The summed E-state index contributed by atoms with van der Waals surface area (Å²) in [5.41, 5.74) is 2.21. The van der Waals surface area contributed by atoms with Crippen molar-refractivity contribution in [3.63, 3.8) is 0 Å². The number of benzene rings is 1. The molecule has 0 radical (unpaired) electrons. The quantitative estimate of drug-likeness (QED) is 0.751. The van der Waals surface area contributed by atoms with Crippen LogP contribution < -0.4 is 15.0 Å². The van der Waals surface area contributed by atoms with Gasteiger partial charge in [0.15, 0.2) is 0 Å². The fraction of sp³-hybridized carbons (Fsp3) is 0.692. The average molecular weight is 425 g/mol. The number of aryl methyl sites for hydroxylation is 1. The zero-order valence-corrected chi connectivity index (χ0v) is 19.2. The van der Waals surface area contributed by atoms with E-state index >= 15 is 0 Å². The van der Waals surface area contributed by atoms with Crippen LogP contribution in [0.1, 0.15) is 70.8 Å². The van der Waals surface area contributed by atoms with Crippen LogP contribution in [-0.4, -0.2) is 30.5 Å². The predicted molar refractivity (Wildman–Crippen MR) is 121 cm³/mol. The first kappa shape index (κ1) is 20.8. The molecule has 0 spiro atoms. The largest absolute Gasteiger partial charge is 0.487 e. The molecular formula is C26H36N2O3. The van der Waals surface area contributed by atoms with Crippen LogP contribution in [0.5, 0.6) is 5.75 Å². The Morgan fingerprint density at radius 1 is 1.13 bits per heavy atom. The Kier molecular flexibility index (Phi) is 5.26. The second-order valence-electron chi connectivity index (χ2n) is 11.0. The van der Waals surface area contributed by atoms with Gasteiger partial charge in [0.1, 0.15) is 11.9 Å². The van der Waals surface area contributed by atoms with Gasteiger partial charge in [-0.1, -0.05) is 6.07 Å². The van der Waals surface area contributed by atoms with Crippen LogP contribution in [0, 0.1) is 30.1 Å². The number of carbonyl (C=O) groups excluding carboxylic acids is 2. The maximum Gasteiger partial charge on any atom is 0.227 e. The second-order valence-corrected chi connectivity index (χ2v) is 11.0. The first-order chi connectivity index (χ1) is 14.8. The Balaban J connectivity index is 1.19. The monoisotopic (exact) mass is 424 g/mol. The Morgan fingerprint density at radius 2 is 1.77 bits per heavy atom. The van der Waals surface area contributed by atoms with Gasteiger partial charge in [-0.3, -0.25) is 9.59 Å². The molecule has 0 aromatic heterocycles. The van der Waals surface area contributed by atoms with Crippen molar-refractivity contribution in [1.82, 2.24) is 5.32 Å². The smallest absolute Gasteiger partial charge is 0.227 e. The van der Waals surface area contributed by atoms with Crippen LogP contribution in [0.25, 0.3) is 0 Å². The van der Waals surface area contributed by atoms with Gasteiger partial charge in [-0.15, -0.1) is 0 Å². The van der Waals surface area contributed by atoms with E-state index in [0.717, 1.165) is 34.8 Å². The van der Waals surface area contributed by atoms with Gasteiger partial charge in [0, 0.05) is 18.9 Å². The molecule has 4 aliphatic carbocycles. The highest BCUT2D eigenvalue weighted by atomic mass is 16.5. The lowest BCUT2D eigenvalue weighted by Crippen LogP contribution is -2.55. The summed E-state index contributed by atoms with van der Waals surface area (Å²) in [6.07, 6.45) is 8.50. The van der Waals surface area contributed by atoms with E-state index in [-0.39, 0.29) is 36.8 Å². The molecule has 1 aromatic carbocycles. The van der Waals surface area contributed by atoms with E-state index < -0.39 is 0 Å². The van der Waals surface area contributed by atoms with E-state index in [4.69, 9.17) is 4.74 Å². The Hall–Kier alpha value is -2.04. The van der Waals surface area contributed by atoms with Crippen LogP contribution in [0.2, 0.25) is 0 Å². The van der Waals surface area contributed by atoms with Crippen molar-refractivity contribution in [1.29, 1.82) is 0 Å². The first-order valence-electron chi connectivity index (χ1n) is 12.2. The molecule has 168 valence electrons. The molecule has 4 fully saturated rings. The van der Waals surface area contributed by atoms with Gasteiger partial charge in [0.2, 0.25) is 11.8 Å². The molecule has 1 heterocycles. The first-order valence-corrected chi connectivity index (χ1v) is 12.2. The van der Waals surface area contributed by atoms with Gasteiger partial charge in [-0.25, -0.2) is 0 Å². The van der Waals surface area contributed by atoms with Gasteiger partial charge in [0.25, 0.3) is 0 Å². The lowest BCUT2D eigenvalue weighted by molar-refractivity contribution is -0.128. The number of nitrogens with one attached hydrogen (secondary N) is 1. The van der Waals surface area contributed by atoms with Crippen LogP contribution >= 0.6 is 0 Å². The maximum absolute atomic E-state index is 13.0. The van der Waals surface area contributed by atoms with Gasteiger partial charge in [-0.2, -0.15) is 0 Å². The van der Waals surface area contributed by atoms with Crippen LogP contribution in [0.15, 0.2) is 18.2 Å². The molecule has 5 nitrogen and oxygen atoms in total. The number of ether oxygens (including phenoxy) is 1. The molecule has 6 rings (SSSR count). The topological polar surface area (TPSA) is 58.6 Å². The SMILES string of the molecule is Cc1ccc2c(c1)N(C(=O)CCC(=O)N[C@@H](C)C13CC4CC(CC(C4)C1)C3)C[C@H](C)O2. The van der Waals surface area contributed by atoms with Gasteiger partial charge >= 0.3 is 0 Å². The fourth-order valence-corrected chi connectivity index (χ4v) is 7.31. The van der Waals surface area contributed by atoms with Crippen molar-refractivity contribution in [2.24, 2.45) is 23.2 Å². The summed E-state index contributed by atoms with van der Waals surface area (Å²) in [6.45, 7) is 6.72. The summed E-state index contributed by atoms with van der Waals surface area (Å²) < 4.78 is 5.89. The molecule has 1 aliphatic heterocycles. The van der Waals surface area contributed by atoms with Crippen LogP contribution in [0.3, 0.4) is 0 Å². The zero-order chi connectivity index (χ0) is 21.8. The third-order valence-electron chi connectivity index (χ3n) is 8.42. The number of rotatable bonds is 5. The fourth-order valence-electron chi connectivity index (χ4n) is 7.31. The molecule has 0 unspecified atom stereocenters. The molecular weight excluding hydrogens is 388 g/mol. The minimum absolute atomic E-state index is 0.000363. The van der Waals surface area contributed by atoms with Crippen LogP contribution in [0.4, 0.5) is 5.69 Å². The summed E-state index contributed by atoms with van der Waals surface area (Å²) in [4.78, 5) is 27.6. The zero-order valence-electron chi connectivity index (χ0n) is 19.2. The number of carbonyl (C=O) groups is 2. The minimum atomic E-state index is -0.0518. The third-order valence-corrected chi connectivity index (χ3v) is 8.42. The summed E-state index contributed by atoms with van der Waals surface area (Å²) >= 11 is 0. The Morgan fingerprint density at radius 3 is 2.42 bits per heavy atom. The standard InChI is InChI=1S/C26H36N2O3/c1-16-4-5-23-22(8-16)28(15-17(2)31-23)25(30)7-6-24(29)27-18(3)26-12-19-9-20(13-26)11-21(10-19)14-26/h4-5,8,17-21H,6-7,9-15H2,1-3H3,(H,27,29)/t17-,18-,19?,20?,21?,26?/m0/s1. The number of hydrogen-bond acceptors (Lipinski definition) is 3. The minimum Gasteiger partial charge on any atom is -0.487 e. The van der Waals surface area contributed by atoms with Gasteiger partial charge in [-0.05, 0) is 100 Å². The van der Waals surface area contributed by atoms with Gasteiger partial charge in [0.05, 0.1) is 12.2 Å². The third kappa shape index (κ3) is 3.96. The number of amides is 2. The van der Waals surface area contributed by atoms with Crippen LogP contribution in [-0.2, 0) is 9.59 Å². The van der Waals surface area contributed by atoms with E-state index in [2.05, 4.69) is 12.2 Å². The number of fused-ring (bicyclic) bond motifs is 1. The highest BCUT2D eigenvalue weighted by Crippen LogP contribution is 2.61. The highest BCUT2D eigenvalue weighted by Gasteiger charge is 2.53. The maximum atomic E-state index is 13.0. The van der Waals surface area contributed by atoms with Crippen molar-refractivity contribution in [3.8, 4) is 5.75 Å². The van der Waals surface area contributed by atoms with E-state index in [1.807, 2.05) is 32.0 Å². The van der Waals surface area contributed by atoms with Crippen molar-refractivity contribution in [3.05, 3.63) is 23.8 Å². The summed E-state index contributed by atoms with van der Waals surface area (Å²) in [5.74, 6) is 3.39. The number of nitrogens with zero attached hydrogens (tertiary/aromatic N) is 1. The molecule has 2 amide bonds. The molecule has 1 aromatic rings. The molecule has 4 bridgehead atoms. The van der Waals surface area contributed by atoms with Gasteiger partial charge < -0.3 is 15.0 Å². The predicted octanol–water partition coefficient (Wildman–Crippen LogP) is 4.61. The average Bonchev–Trinajstić information content (AvgIpc) is 2.70. The summed E-state index contributed by atoms with van der Waals surface area (Å²) in [5, 5.41) is 3.30. The molecule has 5 heteroatoms. The molecule has 31 heavy (non-hydrogen) atoms. The van der Waals surface area contributed by atoms with E-state index in [1.165, 1.54) is 38.5 Å². The molecule has 2 atom stereocenters. The van der Waals surface area contributed by atoms with E-state index in [9.17, 15) is 9.59 Å². The highest BCUT2D eigenvalue weighted by molar-refractivity contribution is 5.97. The Labute approximate surface area is 185 Å². The Bertz CT molecular complexity index is 844. The number of anilines is 1. The molecule has 0 saturated heterocycles. The number of hydrogen-bond donors (Lipinski definition) is 1. The lowest BCUT2D eigenvalue weighted by atomic mass is 9.48. The van der Waals surface area contributed by atoms with Crippen molar-refractivity contribution in [2.45, 2.75) is 84.3 Å². The molecule has 5 aliphatic rings.